The van der Waals surface area contributed by atoms with Gasteiger partial charge in [0, 0.05) is 11.0 Å². The molecule has 1 aliphatic carbocycles. The highest BCUT2D eigenvalue weighted by molar-refractivity contribution is 5.80. The van der Waals surface area contributed by atoms with Crippen LogP contribution < -0.4 is 4.74 Å². The van der Waals surface area contributed by atoms with Gasteiger partial charge < -0.3 is 4.74 Å². The third-order valence-corrected chi connectivity index (χ3v) is 3.48. The Bertz CT molecular complexity index is 525. The van der Waals surface area contributed by atoms with Crippen molar-refractivity contribution in [1.82, 2.24) is 0 Å². The standard InChI is InChI=1S/C17H20O/c1-17(2,3)16-11-13(10-12-8-9-12)14-6-4-5-7-15(14)18-16/h4-7,10-12H,8-9H2,1-3H3/b13-10+. The lowest BCUT2D eigenvalue weighted by Crippen LogP contribution is -2.18. The highest BCUT2D eigenvalue weighted by Crippen LogP contribution is 2.42. The fourth-order valence-corrected chi connectivity index (χ4v) is 2.19. The summed E-state index contributed by atoms with van der Waals surface area (Å²) in [7, 11) is 0. The lowest BCUT2D eigenvalue weighted by atomic mass is 9.89. The van der Waals surface area contributed by atoms with Crippen molar-refractivity contribution in [3.05, 3.63) is 47.7 Å². The molecule has 0 amide bonds. The van der Waals surface area contributed by atoms with Gasteiger partial charge in [-0.2, -0.15) is 0 Å². The first-order valence-corrected chi connectivity index (χ1v) is 6.75. The third kappa shape index (κ3) is 2.22. The Morgan fingerprint density at radius 2 is 1.89 bits per heavy atom. The number of hydrogen-bond donors (Lipinski definition) is 0. The molecule has 0 spiro atoms. The fourth-order valence-electron chi connectivity index (χ4n) is 2.19. The number of para-hydroxylation sites is 1. The normalized spacial score (nSPS) is 21.3. The third-order valence-electron chi connectivity index (χ3n) is 3.48. The summed E-state index contributed by atoms with van der Waals surface area (Å²) >= 11 is 0. The average molecular weight is 240 g/mol. The second-order valence-corrected chi connectivity index (χ2v) is 6.32. The first kappa shape index (κ1) is 11.6. The van der Waals surface area contributed by atoms with Gasteiger partial charge in [-0.1, -0.05) is 45.0 Å². The molecule has 1 aromatic rings. The van der Waals surface area contributed by atoms with Crippen molar-refractivity contribution in [1.29, 1.82) is 0 Å². The molecule has 1 fully saturated rings. The molecule has 1 heterocycles. The molecule has 1 saturated carbocycles. The number of allylic oxidation sites excluding steroid dienone is 4. The van der Waals surface area contributed by atoms with Crippen LogP contribution in [0.25, 0.3) is 5.57 Å². The molecule has 0 radical (unpaired) electrons. The lowest BCUT2D eigenvalue weighted by molar-refractivity contribution is 0.290. The molecule has 18 heavy (non-hydrogen) atoms. The van der Waals surface area contributed by atoms with Gasteiger partial charge in [-0.05, 0) is 36.5 Å². The second kappa shape index (κ2) is 4.01. The number of rotatable bonds is 1. The van der Waals surface area contributed by atoms with Crippen molar-refractivity contribution in [3.63, 3.8) is 0 Å². The Kier molecular flexibility index (Phi) is 2.58. The Balaban J connectivity index is 2.07. The van der Waals surface area contributed by atoms with Gasteiger partial charge in [-0.3, -0.25) is 0 Å². The maximum absolute atomic E-state index is 6.05. The van der Waals surface area contributed by atoms with Gasteiger partial charge in [0.2, 0.25) is 0 Å². The van der Waals surface area contributed by atoms with E-state index in [0.29, 0.717) is 0 Å². The van der Waals surface area contributed by atoms with Gasteiger partial charge in [0.05, 0.1) is 0 Å². The molecule has 1 aromatic carbocycles. The molecular weight excluding hydrogens is 220 g/mol. The van der Waals surface area contributed by atoms with Crippen molar-refractivity contribution in [2.75, 3.05) is 0 Å². The quantitative estimate of drug-likeness (QED) is 0.685. The summed E-state index contributed by atoms with van der Waals surface area (Å²) in [5.41, 5.74) is 2.62. The molecule has 0 atom stereocenters. The van der Waals surface area contributed by atoms with Gasteiger partial charge in [-0.15, -0.1) is 0 Å². The first-order chi connectivity index (χ1) is 8.54. The summed E-state index contributed by atoms with van der Waals surface area (Å²) in [6.45, 7) is 6.59. The van der Waals surface area contributed by atoms with E-state index in [1.165, 1.54) is 24.0 Å². The minimum atomic E-state index is 0.0518. The van der Waals surface area contributed by atoms with Gasteiger partial charge in [0.25, 0.3) is 0 Å². The van der Waals surface area contributed by atoms with Crippen LogP contribution in [-0.2, 0) is 0 Å². The fraction of sp³-hybridized carbons (Fsp3) is 0.412. The van der Waals surface area contributed by atoms with Crippen LogP contribution in [0.15, 0.2) is 42.2 Å². The molecule has 1 heteroatoms. The smallest absolute Gasteiger partial charge is 0.134 e. The van der Waals surface area contributed by atoms with E-state index in [1.54, 1.807) is 0 Å². The van der Waals surface area contributed by atoms with Crippen LogP contribution in [0.2, 0.25) is 0 Å². The van der Waals surface area contributed by atoms with E-state index in [2.05, 4.69) is 51.1 Å². The van der Waals surface area contributed by atoms with Gasteiger partial charge >= 0.3 is 0 Å². The summed E-state index contributed by atoms with van der Waals surface area (Å²) in [6.07, 6.45) is 7.31. The van der Waals surface area contributed by atoms with Crippen LogP contribution in [0, 0.1) is 11.3 Å². The SMILES string of the molecule is CC(C)(C)C1=C/C(=C\C2CC2)c2ccccc2O1. The topological polar surface area (TPSA) is 9.23 Å². The zero-order chi connectivity index (χ0) is 12.8. The van der Waals surface area contributed by atoms with Crippen LogP contribution in [0.3, 0.4) is 0 Å². The molecule has 0 bridgehead atoms. The molecule has 0 unspecified atom stereocenters. The predicted molar refractivity (Wildman–Crippen MR) is 75.3 cm³/mol. The molecule has 0 aromatic heterocycles. The molecule has 2 aliphatic rings. The van der Waals surface area contributed by atoms with E-state index in [1.807, 2.05) is 6.07 Å². The number of fused-ring (bicyclic) bond motifs is 1. The van der Waals surface area contributed by atoms with Crippen LogP contribution in [-0.4, -0.2) is 0 Å². The molecule has 94 valence electrons. The van der Waals surface area contributed by atoms with E-state index >= 15 is 0 Å². The second-order valence-electron chi connectivity index (χ2n) is 6.32. The van der Waals surface area contributed by atoms with E-state index in [4.69, 9.17) is 4.74 Å². The monoisotopic (exact) mass is 240 g/mol. The van der Waals surface area contributed by atoms with Crippen molar-refractivity contribution in [2.24, 2.45) is 11.3 Å². The van der Waals surface area contributed by atoms with Crippen LogP contribution >= 0.6 is 0 Å². The Labute approximate surface area is 109 Å². The lowest BCUT2D eigenvalue weighted by Gasteiger charge is -2.28. The predicted octanol–water partition coefficient (Wildman–Crippen LogP) is 4.80. The maximum Gasteiger partial charge on any atom is 0.134 e. The van der Waals surface area contributed by atoms with Crippen molar-refractivity contribution in [3.8, 4) is 5.75 Å². The molecule has 1 aliphatic heterocycles. The largest absolute Gasteiger partial charge is 0.461 e. The Morgan fingerprint density at radius 3 is 2.56 bits per heavy atom. The highest BCUT2D eigenvalue weighted by Gasteiger charge is 2.27. The Hall–Kier alpha value is -1.50. The minimum Gasteiger partial charge on any atom is -0.461 e. The van der Waals surface area contributed by atoms with Gasteiger partial charge in [0.15, 0.2) is 0 Å². The zero-order valence-corrected chi connectivity index (χ0v) is 11.4. The van der Waals surface area contributed by atoms with E-state index in [0.717, 1.165) is 17.4 Å². The summed E-state index contributed by atoms with van der Waals surface area (Å²) in [6, 6.07) is 8.34. The summed E-state index contributed by atoms with van der Waals surface area (Å²) in [5, 5.41) is 0. The molecule has 3 rings (SSSR count). The number of hydrogen-bond acceptors (Lipinski definition) is 1. The van der Waals surface area contributed by atoms with E-state index in [-0.39, 0.29) is 5.41 Å². The molecule has 1 nitrogen and oxygen atoms in total. The van der Waals surface area contributed by atoms with Crippen LogP contribution in [0.1, 0.15) is 39.2 Å². The van der Waals surface area contributed by atoms with Crippen molar-refractivity contribution < 1.29 is 4.74 Å². The first-order valence-electron chi connectivity index (χ1n) is 6.75. The number of ether oxygens (including phenoxy) is 1. The maximum atomic E-state index is 6.05. The van der Waals surface area contributed by atoms with E-state index in [9.17, 15) is 0 Å². The van der Waals surface area contributed by atoms with Gasteiger partial charge in [0.1, 0.15) is 11.5 Å². The van der Waals surface area contributed by atoms with E-state index < -0.39 is 0 Å². The minimum absolute atomic E-state index is 0.0518. The summed E-state index contributed by atoms with van der Waals surface area (Å²) in [5.74, 6) is 2.84. The van der Waals surface area contributed by atoms with Crippen molar-refractivity contribution in [2.45, 2.75) is 33.6 Å². The molecular formula is C17H20O. The highest BCUT2D eigenvalue weighted by atomic mass is 16.5. The van der Waals surface area contributed by atoms with Crippen LogP contribution in [0.4, 0.5) is 0 Å². The molecule has 0 saturated heterocycles. The zero-order valence-electron chi connectivity index (χ0n) is 11.4. The summed E-state index contributed by atoms with van der Waals surface area (Å²) < 4.78 is 6.05. The number of benzene rings is 1. The van der Waals surface area contributed by atoms with Gasteiger partial charge in [-0.25, -0.2) is 0 Å². The molecule has 0 N–H and O–H groups in total. The van der Waals surface area contributed by atoms with Crippen LogP contribution in [0.5, 0.6) is 5.75 Å². The summed E-state index contributed by atoms with van der Waals surface area (Å²) in [4.78, 5) is 0. The van der Waals surface area contributed by atoms with Crippen molar-refractivity contribution >= 4 is 5.57 Å². The Morgan fingerprint density at radius 1 is 1.17 bits per heavy atom. The average Bonchev–Trinajstić information content (AvgIpc) is 3.11.